The van der Waals surface area contributed by atoms with Gasteiger partial charge >= 0.3 is 0 Å². The molecule has 0 heterocycles. The van der Waals surface area contributed by atoms with Crippen LogP contribution in [-0.2, 0) is 12.8 Å². The van der Waals surface area contributed by atoms with Crippen LogP contribution < -0.4 is 0 Å². The maximum absolute atomic E-state index is 12.8. The molecule has 2 atom stereocenters. The lowest BCUT2D eigenvalue weighted by Gasteiger charge is -2.21. The summed E-state index contributed by atoms with van der Waals surface area (Å²) in [6, 6.07) is 0. The van der Waals surface area contributed by atoms with Gasteiger partial charge in [0, 0.05) is 17.5 Å². The molecule has 0 spiro atoms. The normalized spacial score (nSPS) is 13.8. The van der Waals surface area contributed by atoms with Gasteiger partial charge in [-0.05, 0) is 55.8 Å². The average Bonchev–Trinajstić information content (AvgIpc) is 2.60. The molecule has 1 aromatic carbocycles. The molecule has 0 aliphatic heterocycles. The molecule has 0 saturated carbocycles. The predicted octanol–water partition coefficient (Wildman–Crippen LogP) is 6.63. The number of carbonyl (C=O) groups excluding carboxylic acids is 1. The third kappa shape index (κ3) is 7.24. The Morgan fingerprint density at radius 2 is 1.28 bits per heavy atom. The highest BCUT2D eigenvalue weighted by Crippen LogP contribution is 2.44. The Bertz CT molecular complexity index is 676. The van der Waals surface area contributed by atoms with E-state index in [0.29, 0.717) is 41.7 Å². The molecule has 4 nitrogen and oxygen atoms in total. The Balaban J connectivity index is 3.30. The van der Waals surface area contributed by atoms with Crippen LogP contribution in [0.2, 0.25) is 0 Å². The number of phenols is 3. The Labute approximate surface area is 177 Å². The van der Waals surface area contributed by atoms with Crippen LogP contribution in [0.3, 0.4) is 0 Å². The number of aromatic hydroxyl groups is 3. The van der Waals surface area contributed by atoms with Gasteiger partial charge in [0.2, 0.25) is 0 Å². The van der Waals surface area contributed by atoms with Crippen molar-refractivity contribution < 1.29 is 20.1 Å². The first kappa shape index (κ1) is 25.3. The second kappa shape index (κ2) is 11.5. The van der Waals surface area contributed by atoms with Gasteiger partial charge in [-0.2, -0.15) is 0 Å². The summed E-state index contributed by atoms with van der Waals surface area (Å²) in [5.74, 6) is 0.803. The zero-order chi connectivity index (χ0) is 22.3. The van der Waals surface area contributed by atoms with Crippen molar-refractivity contribution in [3.63, 3.8) is 0 Å². The second-order valence-corrected chi connectivity index (χ2v) is 9.72. The van der Waals surface area contributed by atoms with Crippen molar-refractivity contribution in [3.8, 4) is 17.2 Å². The predicted molar refractivity (Wildman–Crippen MR) is 120 cm³/mol. The van der Waals surface area contributed by atoms with Gasteiger partial charge in [-0.3, -0.25) is 4.79 Å². The Kier molecular flexibility index (Phi) is 10.0. The van der Waals surface area contributed by atoms with Gasteiger partial charge in [-0.25, -0.2) is 0 Å². The number of ketones is 1. The molecule has 0 amide bonds. The SMILES string of the molecule is CCC(C)CC(C)CCc1c(O)c(CCC(C)C)c(O)c(C(=O)CC(C)C)c1O. The number of hydrogen-bond donors (Lipinski definition) is 3. The molecule has 0 aliphatic carbocycles. The van der Waals surface area contributed by atoms with Crippen LogP contribution in [0.15, 0.2) is 0 Å². The van der Waals surface area contributed by atoms with Gasteiger partial charge in [-0.15, -0.1) is 0 Å². The molecule has 2 unspecified atom stereocenters. The first-order valence-corrected chi connectivity index (χ1v) is 11.3. The van der Waals surface area contributed by atoms with Crippen LogP contribution in [0.4, 0.5) is 0 Å². The van der Waals surface area contributed by atoms with Gasteiger partial charge in [-0.1, -0.05) is 54.9 Å². The van der Waals surface area contributed by atoms with E-state index in [1.54, 1.807) is 0 Å². The molecule has 166 valence electrons. The molecule has 0 fully saturated rings. The van der Waals surface area contributed by atoms with E-state index in [2.05, 4.69) is 34.6 Å². The third-order valence-electron chi connectivity index (χ3n) is 5.85. The molecular formula is C25H42O4. The largest absolute Gasteiger partial charge is 0.507 e. The molecule has 0 radical (unpaired) electrons. The average molecular weight is 407 g/mol. The molecule has 1 rings (SSSR count). The van der Waals surface area contributed by atoms with Crippen molar-refractivity contribution in [2.24, 2.45) is 23.7 Å². The zero-order valence-corrected chi connectivity index (χ0v) is 19.5. The molecular weight excluding hydrogens is 364 g/mol. The van der Waals surface area contributed by atoms with Crippen LogP contribution in [0.5, 0.6) is 17.2 Å². The minimum absolute atomic E-state index is 0.0140. The molecule has 3 N–H and O–H groups in total. The molecule has 1 aromatic rings. The zero-order valence-electron chi connectivity index (χ0n) is 19.5. The monoisotopic (exact) mass is 406 g/mol. The lowest BCUT2D eigenvalue weighted by atomic mass is 9.87. The first-order chi connectivity index (χ1) is 13.5. The van der Waals surface area contributed by atoms with Crippen molar-refractivity contribution in [1.29, 1.82) is 0 Å². The third-order valence-corrected chi connectivity index (χ3v) is 5.85. The molecule has 0 saturated heterocycles. The van der Waals surface area contributed by atoms with E-state index in [1.807, 2.05) is 13.8 Å². The Morgan fingerprint density at radius 1 is 0.759 bits per heavy atom. The maximum atomic E-state index is 12.8. The van der Waals surface area contributed by atoms with E-state index < -0.39 is 0 Å². The lowest BCUT2D eigenvalue weighted by Crippen LogP contribution is -2.09. The summed E-state index contributed by atoms with van der Waals surface area (Å²) in [6.07, 6.45) is 5.05. The number of hydrogen-bond acceptors (Lipinski definition) is 4. The van der Waals surface area contributed by atoms with Gasteiger partial charge in [0.15, 0.2) is 5.78 Å². The van der Waals surface area contributed by atoms with E-state index in [-0.39, 0.29) is 40.9 Å². The second-order valence-electron chi connectivity index (χ2n) is 9.72. The summed E-state index contributed by atoms with van der Waals surface area (Å²) >= 11 is 0. The number of Topliss-reactive ketones (excluding diaryl/α,β-unsaturated/α-hetero) is 1. The number of benzene rings is 1. The van der Waals surface area contributed by atoms with Gasteiger partial charge in [0.1, 0.15) is 22.8 Å². The van der Waals surface area contributed by atoms with Gasteiger partial charge in [0.05, 0.1) is 0 Å². The number of phenolic OH excluding ortho intramolecular Hbond substituents is 3. The van der Waals surface area contributed by atoms with Crippen molar-refractivity contribution in [2.45, 2.75) is 93.4 Å². The smallest absolute Gasteiger partial charge is 0.170 e. The highest BCUT2D eigenvalue weighted by atomic mass is 16.3. The van der Waals surface area contributed by atoms with Crippen LogP contribution in [0, 0.1) is 23.7 Å². The van der Waals surface area contributed by atoms with Crippen molar-refractivity contribution in [1.82, 2.24) is 0 Å². The standard InChI is InChI=1S/C25H42O4/c1-8-17(6)14-18(7)10-12-20-23(27)19(11-9-15(2)3)24(28)22(25(20)29)21(26)13-16(4)5/h15-18,27-29H,8-14H2,1-7H3. The quantitative estimate of drug-likeness (QED) is 0.341. The van der Waals surface area contributed by atoms with E-state index in [9.17, 15) is 20.1 Å². The topological polar surface area (TPSA) is 77.8 Å². The minimum atomic E-state index is -0.269. The van der Waals surface area contributed by atoms with Gasteiger partial charge < -0.3 is 15.3 Å². The minimum Gasteiger partial charge on any atom is -0.507 e. The summed E-state index contributed by atoms with van der Waals surface area (Å²) in [7, 11) is 0. The highest BCUT2D eigenvalue weighted by Gasteiger charge is 2.27. The van der Waals surface area contributed by atoms with Crippen molar-refractivity contribution in [2.75, 3.05) is 0 Å². The summed E-state index contributed by atoms with van der Waals surface area (Å²) in [4.78, 5) is 12.8. The van der Waals surface area contributed by atoms with Crippen LogP contribution >= 0.6 is 0 Å². The van der Waals surface area contributed by atoms with Crippen molar-refractivity contribution in [3.05, 3.63) is 16.7 Å². The Hall–Kier alpha value is -1.71. The maximum Gasteiger partial charge on any atom is 0.170 e. The van der Waals surface area contributed by atoms with E-state index in [0.717, 1.165) is 25.7 Å². The number of carbonyl (C=O) groups is 1. The van der Waals surface area contributed by atoms with Crippen LogP contribution in [-0.4, -0.2) is 21.1 Å². The van der Waals surface area contributed by atoms with E-state index in [4.69, 9.17) is 0 Å². The molecule has 4 heteroatoms. The Morgan fingerprint density at radius 3 is 1.72 bits per heavy atom. The fraction of sp³-hybridized carbons (Fsp3) is 0.720. The molecule has 0 aromatic heterocycles. The summed E-state index contributed by atoms with van der Waals surface area (Å²) in [6.45, 7) is 14.6. The first-order valence-electron chi connectivity index (χ1n) is 11.3. The van der Waals surface area contributed by atoms with Crippen LogP contribution in [0.1, 0.15) is 102 Å². The molecule has 29 heavy (non-hydrogen) atoms. The fourth-order valence-corrected chi connectivity index (χ4v) is 3.83. The fourth-order valence-electron chi connectivity index (χ4n) is 3.83. The molecule has 0 bridgehead atoms. The van der Waals surface area contributed by atoms with E-state index >= 15 is 0 Å². The van der Waals surface area contributed by atoms with E-state index in [1.165, 1.54) is 0 Å². The summed E-state index contributed by atoms with van der Waals surface area (Å²) in [5.41, 5.74) is 0.790. The summed E-state index contributed by atoms with van der Waals surface area (Å²) < 4.78 is 0. The van der Waals surface area contributed by atoms with Crippen molar-refractivity contribution >= 4 is 5.78 Å². The lowest BCUT2D eigenvalue weighted by molar-refractivity contribution is 0.0962. The molecule has 0 aliphatic rings. The summed E-state index contributed by atoms with van der Waals surface area (Å²) in [5, 5.41) is 32.5. The highest BCUT2D eigenvalue weighted by molar-refractivity contribution is 6.02. The van der Waals surface area contributed by atoms with Crippen LogP contribution in [0.25, 0.3) is 0 Å². The number of rotatable bonds is 12. The van der Waals surface area contributed by atoms with Gasteiger partial charge in [0.25, 0.3) is 0 Å².